The molecule has 0 unspecified atom stereocenters. The van der Waals surface area contributed by atoms with Crippen LogP contribution >= 0.6 is 0 Å². The number of hydrogen-bond donors (Lipinski definition) is 2. The van der Waals surface area contributed by atoms with Crippen LogP contribution in [0.25, 0.3) is 0 Å². The van der Waals surface area contributed by atoms with Crippen LogP contribution in [0.4, 0.5) is 5.69 Å². The molecule has 1 heterocycles. The van der Waals surface area contributed by atoms with E-state index in [4.69, 9.17) is 14.6 Å². The van der Waals surface area contributed by atoms with Gasteiger partial charge in [-0.05, 0) is 6.07 Å². The van der Waals surface area contributed by atoms with Crippen LogP contribution < -0.4 is 5.32 Å². The number of carboxylic acid groups (broad SMARTS) is 1. The van der Waals surface area contributed by atoms with E-state index < -0.39 is 5.97 Å². The lowest BCUT2D eigenvalue weighted by molar-refractivity contribution is -0.121. The van der Waals surface area contributed by atoms with Crippen molar-refractivity contribution in [3.63, 3.8) is 0 Å². The molecule has 0 saturated heterocycles. The SMILES string of the molecule is COCCOCC(=O)Nc1cncc(C(=O)O)c1. The van der Waals surface area contributed by atoms with E-state index >= 15 is 0 Å². The lowest BCUT2D eigenvalue weighted by Gasteiger charge is -2.06. The van der Waals surface area contributed by atoms with Crippen molar-refractivity contribution in [1.82, 2.24) is 4.98 Å². The first-order valence-corrected chi connectivity index (χ1v) is 5.18. The highest BCUT2D eigenvalue weighted by atomic mass is 16.5. The predicted molar refractivity (Wildman–Crippen MR) is 62.5 cm³/mol. The number of hydrogen-bond acceptors (Lipinski definition) is 5. The van der Waals surface area contributed by atoms with Crippen LogP contribution in [0.3, 0.4) is 0 Å². The molecule has 1 amide bonds. The van der Waals surface area contributed by atoms with E-state index in [9.17, 15) is 9.59 Å². The number of aromatic carboxylic acids is 1. The maximum Gasteiger partial charge on any atom is 0.337 e. The molecule has 1 aromatic heterocycles. The molecule has 2 N–H and O–H groups in total. The van der Waals surface area contributed by atoms with Gasteiger partial charge in [-0.2, -0.15) is 0 Å². The number of methoxy groups -OCH3 is 1. The molecule has 0 saturated carbocycles. The largest absolute Gasteiger partial charge is 0.478 e. The second kappa shape index (κ2) is 7.36. The molecule has 7 heteroatoms. The third-order valence-corrected chi connectivity index (χ3v) is 1.93. The zero-order valence-corrected chi connectivity index (χ0v) is 9.88. The third-order valence-electron chi connectivity index (χ3n) is 1.93. The van der Waals surface area contributed by atoms with Crippen molar-refractivity contribution >= 4 is 17.6 Å². The number of pyridine rings is 1. The van der Waals surface area contributed by atoms with Gasteiger partial charge in [-0.1, -0.05) is 0 Å². The Kier molecular flexibility index (Phi) is 5.75. The fraction of sp³-hybridized carbons (Fsp3) is 0.364. The van der Waals surface area contributed by atoms with E-state index in [2.05, 4.69) is 10.3 Å². The van der Waals surface area contributed by atoms with Crippen LogP contribution in [0, 0.1) is 0 Å². The summed E-state index contributed by atoms with van der Waals surface area (Å²) in [4.78, 5) is 25.8. The van der Waals surface area contributed by atoms with E-state index in [0.29, 0.717) is 18.9 Å². The van der Waals surface area contributed by atoms with Gasteiger partial charge < -0.3 is 19.9 Å². The summed E-state index contributed by atoms with van der Waals surface area (Å²) in [6.07, 6.45) is 2.56. The maximum absolute atomic E-state index is 11.4. The van der Waals surface area contributed by atoms with Gasteiger partial charge in [-0.15, -0.1) is 0 Å². The Morgan fingerprint density at radius 2 is 2.17 bits per heavy atom. The molecule has 0 bridgehead atoms. The van der Waals surface area contributed by atoms with Crippen LogP contribution in [-0.2, 0) is 14.3 Å². The lowest BCUT2D eigenvalue weighted by Crippen LogP contribution is -2.20. The molecular weight excluding hydrogens is 240 g/mol. The van der Waals surface area contributed by atoms with Crippen molar-refractivity contribution in [2.24, 2.45) is 0 Å². The first-order chi connectivity index (χ1) is 8.63. The first-order valence-electron chi connectivity index (χ1n) is 5.18. The van der Waals surface area contributed by atoms with Crippen LogP contribution in [-0.4, -0.2) is 48.9 Å². The number of carboxylic acids is 1. The van der Waals surface area contributed by atoms with Gasteiger partial charge in [0.15, 0.2) is 0 Å². The lowest BCUT2D eigenvalue weighted by atomic mass is 10.2. The number of carbonyl (C=O) groups is 2. The highest BCUT2D eigenvalue weighted by molar-refractivity contribution is 5.94. The fourth-order valence-electron chi connectivity index (χ4n) is 1.13. The van der Waals surface area contributed by atoms with E-state index in [0.717, 1.165) is 0 Å². The molecule has 1 rings (SSSR count). The summed E-state index contributed by atoms with van der Waals surface area (Å²) in [6, 6.07) is 1.32. The van der Waals surface area contributed by atoms with Gasteiger partial charge in [0.2, 0.25) is 5.91 Å². The average Bonchev–Trinajstić information content (AvgIpc) is 2.35. The molecule has 0 aromatic carbocycles. The van der Waals surface area contributed by atoms with Crippen molar-refractivity contribution < 1.29 is 24.2 Å². The average molecular weight is 254 g/mol. The molecule has 0 radical (unpaired) electrons. The smallest absolute Gasteiger partial charge is 0.337 e. The Bertz CT molecular complexity index is 422. The Labute approximate surface area is 104 Å². The minimum absolute atomic E-state index is 0.00750. The van der Waals surface area contributed by atoms with Crippen LogP contribution in [0.1, 0.15) is 10.4 Å². The molecule has 18 heavy (non-hydrogen) atoms. The summed E-state index contributed by atoms with van der Waals surface area (Å²) < 4.78 is 9.76. The van der Waals surface area contributed by atoms with E-state index in [1.165, 1.54) is 25.6 Å². The van der Waals surface area contributed by atoms with Crippen molar-refractivity contribution in [1.29, 1.82) is 0 Å². The van der Waals surface area contributed by atoms with E-state index in [-0.39, 0.29) is 18.1 Å². The monoisotopic (exact) mass is 254 g/mol. The van der Waals surface area contributed by atoms with Crippen molar-refractivity contribution in [3.05, 3.63) is 24.0 Å². The van der Waals surface area contributed by atoms with Crippen LogP contribution in [0.5, 0.6) is 0 Å². The number of carbonyl (C=O) groups excluding carboxylic acids is 1. The van der Waals surface area contributed by atoms with E-state index in [1.807, 2.05) is 0 Å². The summed E-state index contributed by atoms with van der Waals surface area (Å²) in [5.41, 5.74) is 0.323. The van der Waals surface area contributed by atoms with Crippen molar-refractivity contribution in [2.45, 2.75) is 0 Å². The fourth-order valence-corrected chi connectivity index (χ4v) is 1.13. The number of anilines is 1. The summed E-state index contributed by atoms with van der Waals surface area (Å²) in [6.45, 7) is 0.599. The number of nitrogens with one attached hydrogen (secondary N) is 1. The van der Waals surface area contributed by atoms with Crippen molar-refractivity contribution in [3.8, 4) is 0 Å². The van der Waals surface area contributed by atoms with Gasteiger partial charge in [0.1, 0.15) is 6.61 Å². The Morgan fingerprint density at radius 3 is 2.83 bits per heavy atom. The van der Waals surface area contributed by atoms with Gasteiger partial charge in [-0.3, -0.25) is 9.78 Å². The van der Waals surface area contributed by atoms with Gasteiger partial charge in [-0.25, -0.2) is 4.79 Å². The second-order valence-corrected chi connectivity index (χ2v) is 3.36. The van der Waals surface area contributed by atoms with Crippen LogP contribution in [0.2, 0.25) is 0 Å². The Hall–Kier alpha value is -1.99. The summed E-state index contributed by atoms with van der Waals surface area (Å²) in [5.74, 6) is -1.48. The molecule has 0 spiro atoms. The third kappa shape index (κ3) is 4.89. The second-order valence-electron chi connectivity index (χ2n) is 3.36. The molecule has 7 nitrogen and oxygen atoms in total. The molecule has 0 aliphatic heterocycles. The standard InChI is InChI=1S/C11H14N2O5/c1-17-2-3-18-7-10(14)13-9-4-8(11(15)16)5-12-6-9/h4-6H,2-3,7H2,1H3,(H,13,14)(H,15,16). The molecule has 0 aliphatic rings. The molecule has 0 fully saturated rings. The van der Waals surface area contributed by atoms with Gasteiger partial charge in [0.25, 0.3) is 0 Å². The highest BCUT2D eigenvalue weighted by Crippen LogP contribution is 2.08. The molecular formula is C11H14N2O5. The number of aromatic nitrogens is 1. The summed E-state index contributed by atoms with van der Waals surface area (Å²) >= 11 is 0. The number of rotatable bonds is 7. The number of amides is 1. The minimum atomic E-state index is -1.10. The topological polar surface area (TPSA) is 97.8 Å². The number of ether oxygens (including phenoxy) is 2. The minimum Gasteiger partial charge on any atom is -0.478 e. The molecule has 0 aliphatic carbocycles. The summed E-state index contributed by atoms with van der Waals surface area (Å²) in [5, 5.41) is 11.2. The number of nitrogens with zero attached hydrogens (tertiary/aromatic N) is 1. The highest BCUT2D eigenvalue weighted by Gasteiger charge is 2.07. The maximum atomic E-state index is 11.4. The summed E-state index contributed by atoms with van der Waals surface area (Å²) in [7, 11) is 1.53. The Morgan fingerprint density at radius 1 is 1.39 bits per heavy atom. The quantitative estimate of drug-likeness (QED) is 0.683. The van der Waals surface area contributed by atoms with Crippen molar-refractivity contribution in [2.75, 3.05) is 32.2 Å². The zero-order valence-electron chi connectivity index (χ0n) is 9.88. The van der Waals surface area contributed by atoms with Gasteiger partial charge in [0.05, 0.1) is 30.7 Å². The Balaban J connectivity index is 2.44. The normalized spacial score (nSPS) is 10.1. The molecule has 0 atom stereocenters. The molecule has 98 valence electrons. The first kappa shape index (κ1) is 14.1. The zero-order chi connectivity index (χ0) is 13.4. The van der Waals surface area contributed by atoms with E-state index in [1.54, 1.807) is 0 Å². The predicted octanol–water partition coefficient (Wildman–Crippen LogP) is 0.381. The van der Waals surface area contributed by atoms with Gasteiger partial charge >= 0.3 is 5.97 Å². The van der Waals surface area contributed by atoms with Crippen LogP contribution in [0.15, 0.2) is 18.5 Å². The van der Waals surface area contributed by atoms with Gasteiger partial charge in [0, 0.05) is 13.3 Å². The molecule has 1 aromatic rings.